The molecule has 3 unspecified atom stereocenters. The van der Waals surface area contributed by atoms with Crippen LogP contribution in [0.25, 0.3) is 0 Å². The average Bonchev–Trinajstić information content (AvgIpc) is 3.25. The molecule has 0 bridgehead atoms. The summed E-state index contributed by atoms with van der Waals surface area (Å²) in [5, 5.41) is 4.08. The zero-order valence-electron chi connectivity index (χ0n) is 11.6. The van der Waals surface area contributed by atoms with Crippen molar-refractivity contribution >= 4 is 17.7 Å². The van der Waals surface area contributed by atoms with Gasteiger partial charge in [-0.1, -0.05) is 0 Å². The molecule has 2 aliphatic carbocycles. The van der Waals surface area contributed by atoms with Crippen LogP contribution in [-0.4, -0.2) is 41.2 Å². The van der Waals surface area contributed by atoms with Crippen LogP contribution in [0.2, 0.25) is 0 Å². The van der Waals surface area contributed by atoms with Gasteiger partial charge in [0.05, 0.1) is 6.10 Å². The average molecular weight is 284 g/mol. The van der Waals surface area contributed by atoms with E-state index < -0.39 is 5.54 Å². The van der Waals surface area contributed by atoms with Gasteiger partial charge in [0, 0.05) is 23.7 Å². The molecule has 1 aliphatic heterocycles. The molecule has 0 radical (unpaired) electrons. The standard InChI is InChI=1S/C14H24N2O2S/c1-9-12(6-7-18-9)19-8-14(13(15)17,10-2-3-10)16-11-4-5-11/h9-12,16H,2-8H2,1H3,(H2,15,17). The number of hydrogen-bond donors (Lipinski definition) is 2. The number of primary amides is 1. The summed E-state index contributed by atoms with van der Waals surface area (Å²) in [7, 11) is 0. The number of hydrogen-bond acceptors (Lipinski definition) is 4. The Balaban J connectivity index is 1.65. The van der Waals surface area contributed by atoms with Crippen molar-refractivity contribution < 1.29 is 9.53 Å². The van der Waals surface area contributed by atoms with Gasteiger partial charge in [0.2, 0.25) is 5.91 Å². The first-order valence-corrected chi connectivity index (χ1v) is 8.47. The molecular formula is C14H24N2O2S. The first kappa shape index (κ1) is 13.7. The summed E-state index contributed by atoms with van der Waals surface area (Å²) in [4.78, 5) is 12.1. The highest BCUT2D eigenvalue weighted by Crippen LogP contribution is 2.44. The van der Waals surface area contributed by atoms with Crippen molar-refractivity contribution in [3.63, 3.8) is 0 Å². The molecule has 2 saturated carbocycles. The van der Waals surface area contributed by atoms with Gasteiger partial charge >= 0.3 is 0 Å². The second-order valence-corrected chi connectivity index (χ2v) is 7.47. The Morgan fingerprint density at radius 1 is 1.37 bits per heavy atom. The molecule has 19 heavy (non-hydrogen) atoms. The Morgan fingerprint density at radius 2 is 2.11 bits per heavy atom. The summed E-state index contributed by atoms with van der Waals surface area (Å²) in [6.07, 6.45) is 6.05. The summed E-state index contributed by atoms with van der Waals surface area (Å²) in [5.74, 6) is 1.11. The molecule has 1 heterocycles. The van der Waals surface area contributed by atoms with Crippen LogP contribution in [0.4, 0.5) is 0 Å². The van der Waals surface area contributed by atoms with Crippen LogP contribution in [0, 0.1) is 5.92 Å². The van der Waals surface area contributed by atoms with Crippen molar-refractivity contribution in [3.8, 4) is 0 Å². The third-order valence-electron chi connectivity index (χ3n) is 4.58. The van der Waals surface area contributed by atoms with E-state index in [0.29, 0.717) is 23.3 Å². The summed E-state index contributed by atoms with van der Waals surface area (Å²) >= 11 is 1.88. The summed E-state index contributed by atoms with van der Waals surface area (Å²) in [6.45, 7) is 2.98. The zero-order chi connectivity index (χ0) is 13.5. The fraction of sp³-hybridized carbons (Fsp3) is 0.929. The molecule has 3 N–H and O–H groups in total. The lowest BCUT2D eigenvalue weighted by atomic mass is 9.94. The van der Waals surface area contributed by atoms with Crippen LogP contribution in [0.15, 0.2) is 0 Å². The molecule has 1 amide bonds. The third kappa shape index (κ3) is 2.93. The Morgan fingerprint density at radius 3 is 2.58 bits per heavy atom. The molecular weight excluding hydrogens is 260 g/mol. The lowest BCUT2D eigenvalue weighted by molar-refractivity contribution is -0.124. The van der Waals surface area contributed by atoms with E-state index in [1.165, 1.54) is 12.8 Å². The molecule has 0 spiro atoms. The minimum atomic E-state index is -0.464. The molecule has 0 aromatic carbocycles. The lowest BCUT2D eigenvalue weighted by Gasteiger charge is -2.33. The Kier molecular flexibility index (Phi) is 3.80. The van der Waals surface area contributed by atoms with Gasteiger partial charge in [0.15, 0.2) is 0 Å². The predicted molar refractivity (Wildman–Crippen MR) is 77.1 cm³/mol. The molecule has 3 atom stereocenters. The summed E-state index contributed by atoms with van der Waals surface area (Å²) < 4.78 is 5.60. The normalized spacial score (nSPS) is 34.2. The molecule has 4 nitrogen and oxygen atoms in total. The second kappa shape index (κ2) is 5.26. The van der Waals surface area contributed by atoms with Crippen LogP contribution in [0.1, 0.15) is 39.0 Å². The van der Waals surface area contributed by atoms with Gasteiger partial charge in [-0.05, 0) is 44.9 Å². The molecule has 0 aromatic heterocycles. The molecule has 3 rings (SSSR count). The fourth-order valence-electron chi connectivity index (χ4n) is 2.96. The van der Waals surface area contributed by atoms with E-state index in [1.54, 1.807) is 0 Å². The number of thioether (sulfide) groups is 1. The number of carbonyl (C=O) groups is 1. The number of amides is 1. The lowest BCUT2D eigenvalue weighted by Crippen LogP contribution is -2.60. The molecule has 108 valence electrons. The highest BCUT2D eigenvalue weighted by molar-refractivity contribution is 8.00. The van der Waals surface area contributed by atoms with E-state index in [0.717, 1.165) is 31.6 Å². The molecule has 0 aromatic rings. The van der Waals surface area contributed by atoms with Crippen molar-refractivity contribution in [1.82, 2.24) is 5.32 Å². The number of nitrogens with two attached hydrogens (primary N) is 1. The maximum Gasteiger partial charge on any atom is 0.238 e. The molecule has 5 heteroatoms. The van der Waals surface area contributed by atoms with Crippen LogP contribution >= 0.6 is 11.8 Å². The maximum absolute atomic E-state index is 12.1. The first-order chi connectivity index (χ1) is 9.12. The Hall–Kier alpha value is -0.260. The fourth-order valence-corrected chi connectivity index (χ4v) is 4.51. The van der Waals surface area contributed by atoms with Crippen molar-refractivity contribution in [2.45, 2.75) is 62.0 Å². The van der Waals surface area contributed by atoms with Crippen molar-refractivity contribution in [2.75, 3.05) is 12.4 Å². The van der Waals surface area contributed by atoms with E-state index in [2.05, 4.69) is 12.2 Å². The minimum Gasteiger partial charge on any atom is -0.377 e. The number of nitrogens with one attached hydrogen (secondary N) is 1. The Labute approximate surface area is 119 Å². The third-order valence-corrected chi connectivity index (χ3v) is 6.25. The molecule has 1 saturated heterocycles. The number of rotatable bonds is 7. The van der Waals surface area contributed by atoms with Gasteiger partial charge in [0.1, 0.15) is 5.54 Å². The predicted octanol–water partition coefficient (Wildman–Crippen LogP) is 1.28. The van der Waals surface area contributed by atoms with Gasteiger partial charge in [-0.15, -0.1) is 0 Å². The van der Waals surface area contributed by atoms with Crippen LogP contribution in [0.3, 0.4) is 0 Å². The number of carbonyl (C=O) groups excluding carboxylic acids is 1. The van der Waals surface area contributed by atoms with E-state index in [1.807, 2.05) is 11.8 Å². The molecule has 3 fully saturated rings. The van der Waals surface area contributed by atoms with Gasteiger partial charge in [-0.2, -0.15) is 11.8 Å². The largest absolute Gasteiger partial charge is 0.377 e. The van der Waals surface area contributed by atoms with Crippen LogP contribution < -0.4 is 11.1 Å². The highest BCUT2D eigenvalue weighted by Gasteiger charge is 2.52. The first-order valence-electron chi connectivity index (χ1n) is 7.42. The van der Waals surface area contributed by atoms with Gasteiger partial charge in [-0.3, -0.25) is 10.1 Å². The van der Waals surface area contributed by atoms with E-state index in [9.17, 15) is 4.79 Å². The zero-order valence-corrected chi connectivity index (χ0v) is 12.4. The van der Waals surface area contributed by atoms with Gasteiger partial charge in [-0.25, -0.2) is 0 Å². The monoisotopic (exact) mass is 284 g/mol. The summed E-state index contributed by atoms with van der Waals surface area (Å²) in [6, 6.07) is 0.519. The SMILES string of the molecule is CC1OCCC1SCC(NC1CC1)(C(N)=O)C1CC1. The van der Waals surface area contributed by atoms with Gasteiger partial charge < -0.3 is 10.5 Å². The smallest absolute Gasteiger partial charge is 0.238 e. The van der Waals surface area contributed by atoms with Gasteiger partial charge in [0.25, 0.3) is 0 Å². The second-order valence-electron chi connectivity index (χ2n) is 6.24. The summed E-state index contributed by atoms with van der Waals surface area (Å²) in [5.41, 5.74) is 5.30. The van der Waals surface area contributed by atoms with E-state index >= 15 is 0 Å². The van der Waals surface area contributed by atoms with Crippen molar-refractivity contribution in [1.29, 1.82) is 0 Å². The quantitative estimate of drug-likeness (QED) is 0.739. The van der Waals surface area contributed by atoms with E-state index in [-0.39, 0.29) is 5.91 Å². The minimum absolute atomic E-state index is 0.152. The van der Waals surface area contributed by atoms with Crippen LogP contribution in [-0.2, 0) is 9.53 Å². The topological polar surface area (TPSA) is 64.3 Å². The van der Waals surface area contributed by atoms with Crippen LogP contribution in [0.5, 0.6) is 0 Å². The maximum atomic E-state index is 12.1. The molecule has 3 aliphatic rings. The van der Waals surface area contributed by atoms with E-state index in [4.69, 9.17) is 10.5 Å². The highest BCUT2D eigenvalue weighted by atomic mass is 32.2. The Bertz CT molecular complexity index is 357. The van der Waals surface area contributed by atoms with Crippen molar-refractivity contribution in [3.05, 3.63) is 0 Å². The number of ether oxygens (including phenoxy) is 1. The van der Waals surface area contributed by atoms with Crippen molar-refractivity contribution in [2.24, 2.45) is 11.7 Å².